The van der Waals surface area contributed by atoms with E-state index in [9.17, 15) is 13.2 Å². The first kappa shape index (κ1) is 16.3. The maximum Gasteiger partial charge on any atom is 0.323 e. The van der Waals surface area contributed by atoms with Crippen molar-refractivity contribution in [3.05, 3.63) is 53.6 Å². The average molecular weight is 339 g/mol. The molecule has 0 bridgehead atoms. The van der Waals surface area contributed by atoms with E-state index in [1.54, 1.807) is 43.3 Å². The quantitative estimate of drug-likeness (QED) is 0.890. The summed E-state index contributed by atoms with van der Waals surface area (Å²) in [5.74, 6) is 0.0385. The van der Waals surface area contributed by atoms with Crippen molar-refractivity contribution >= 4 is 38.8 Å². The van der Waals surface area contributed by atoms with E-state index in [-0.39, 0.29) is 10.6 Å². The lowest BCUT2D eigenvalue weighted by Gasteiger charge is -2.08. The van der Waals surface area contributed by atoms with E-state index in [4.69, 9.17) is 11.6 Å². The molecule has 0 aliphatic rings. The summed E-state index contributed by atoms with van der Waals surface area (Å²) in [5.41, 5.74) is 1.11. The van der Waals surface area contributed by atoms with Crippen LogP contribution in [0.3, 0.4) is 0 Å². The van der Waals surface area contributed by atoms with Gasteiger partial charge in [-0.05, 0) is 48.5 Å². The second-order valence-corrected chi connectivity index (χ2v) is 7.23. The van der Waals surface area contributed by atoms with Crippen LogP contribution in [0.4, 0.5) is 16.2 Å². The zero-order valence-electron chi connectivity index (χ0n) is 11.8. The third-order valence-corrected chi connectivity index (χ3v) is 4.96. The Labute approximate surface area is 134 Å². The van der Waals surface area contributed by atoms with Gasteiger partial charge in [0.25, 0.3) is 0 Å². The number of hydrogen-bond acceptors (Lipinski definition) is 3. The van der Waals surface area contributed by atoms with Crippen LogP contribution in [0.25, 0.3) is 0 Å². The molecule has 116 valence electrons. The van der Waals surface area contributed by atoms with Crippen molar-refractivity contribution in [1.82, 2.24) is 0 Å². The van der Waals surface area contributed by atoms with Crippen molar-refractivity contribution in [2.45, 2.75) is 11.8 Å². The largest absolute Gasteiger partial charge is 0.323 e. The molecule has 0 aromatic heterocycles. The number of sulfone groups is 1. The van der Waals surface area contributed by atoms with E-state index < -0.39 is 15.9 Å². The summed E-state index contributed by atoms with van der Waals surface area (Å²) >= 11 is 5.76. The van der Waals surface area contributed by atoms with Crippen LogP contribution >= 0.6 is 11.6 Å². The van der Waals surface area contributed by atoms with Gasteiger partial charge < -0.3 is 10.6 Å². The maximum absolute atomic E-state index is 11.8. The van der Waals surface area contributed by atoms with Gasteiger partial charge in [0.05, 0.1) is 10.6 Å². The van der Waals surface area contributed by atoms with Gasteiger partial charge in [0, 0.05) is 16.4 Å². The van der Waals surface area contributed by atoms with Crippen molar-refractivity contribution < 1.29 is 13.2 Å². The number of halogens is 1. The van der Waals surface area contributed by atoms with Gasteiger partial charge in [-0.1, -0.05) is 18.5 Å². The fourth-order valence-corrected chi connectivity index (χ4v) is 2.75. The number of hydrogen-bond donors (Lipinski definition) is 2. The lowest BCUT2D eigenvalue weighted by molar-refractivity contribution is 0.262. The molecule has 0 radical (unpaired) electrons. The Morgan fingerprint density at radius 2 is 1.41 bits per heavy atom. The molecule has 2 aromatic carbocycles. The number of rotatable bonds is 4. The Hall–Kier alpha value is -2.05. The summed E-state index contributed by atoms with van der Waals surface area (Å²) in [7, 11) is -3.24. The first-order valence-corrected chi connectivity index (χ1v) is 8.60. The summed E-state index contributed by atoms with van der Waals surface area (Å²) in [6.07, 6.45) is 0. The SMILES string of the molecule is CCS(=O)(=O)c1ccc(NC(=O)Nc2ccc(Cl)cc2)cc1. The van der Waals surface area contributed by atoms with Crippen molar-refractivity contribution in [2.24, 2.45) is 0 Å². The van der Waals surface area contributed by atoms with Gasteiger partial charge in [-0.2, -0.15) is 0 Å². The molecular weight excluding hydrogens is 324 g/mol. The first-order chi connectivity index (χ1) is 10.4. The number of anilines is 2. The molecule has 0 saturated heterocycles. The lowest BCUT2D eigenvalue weighted by atomic mass is 10.3. The molecule has 0 aliphatic carbocycles. The zero-order chi connectivity index (χ0) is 16.2. The minimum absolute atomic E-state index is 0.0385. The Bertz CT molecular complexity index is 756. The van der Waals surface area contributed by atoms with Gasteiger partial charge in [0.2, 0.25) is 0 Å². The minimum Gasteiger partial charge on any atom is -0.308 e. The van der Waals surface area contributed by atoms with Crippen LogP contribution in [0.15, 0.2) is 53.4 Å². The predicted molar refractivity (Wildman–Crippen MR) is 88.3 cm³/mol. The summed E-state index contributed by atoms with van der Waals surface area (Å²) in [4.78, 5) is 12.1. The van der Waals surface area contributed by atoms with Crippen molar-refractivity contribution in [3.63, 3.8) is 0 Å². The number of amides is 2. The highest BCUT2D eigenvalue weighted by Crippen LogP contribution is 2.16. The van der Waals surface area contributed by atoms with Gasteiger partial charge >= 0.3 is 6.03 Å². The number of urea groups is 1. The van der Waals surface area contributed by atoms with E-state index in [0.29, 0.717) is 16.4 Å². The van der Waals surface area contributed by atoms with Crippen LogP contribution in [0.5, 0.6) is 0 Å². The van der Waals surface area contributed by atoms with E-state index >= 15 is 0 Å². The number of carbonyl (C=O) groups excluding carboxylic acids is 1. The Morgan fingerprint density at radius 1 is 0.955 bits per heavy atom. The predicted octanol–water partition coefficient (Wildman–Crippen LogP) is 3.78. The third kappa shape index (κ3) is 4.22. The molecular formula is C15H15ClN2O3S. The number of nitrogens with one attached hydrogen (secondary N) is 2. The van der Waals surface area contributed by atoms with E-state index in [2.05, 4.69) is 10.6 Å². The van der Waals surface area contributed by atoms with E-state index in [1.807, 2.05) is 0 Å². The van der Waals surface area contributed by atoms with Gasteiger partial charge in [-0.25, -0.2) is 13.2 Å². The molecule has 22 heavy (non-hydrogen) atoms. The summed E-state index contributed by atoms with van der Waals surface area (Å²) in [5, 5.41) is 5.85. The molecule has 0 spiro atoms. The number of carbonyl (C=O) groups is 1. The van der Waals surface area contributed by atoms with Crippen LogP contribution in [-0.2, 0) is 9.84 Å². The van der Waals surface area contributed by atoms with Crippen molar-refractivity contribution in [2.75, 3.05) is 16.4 Å². The monoisotopic (exact) mass is 338 g/mol. The smallest absolute Gasteiger partial charge is 0.308 e. The highest BCUT2D eigenvalue weighted by atomic mass is 35.5. The van der Waals surface area contributed by atoms with Gasteiger partial charge in [-0.15, -0.1) is 0 Å². The Morgan fingerprint density at radius 3 is 1.86 bits per heavy atom. The zero-order valence-corrected chi connectivity index (χ0v) is 13.4. The maximum atomic E-state index is 11.8. The Kier molecular flexibility index (Phi) is 5.05. The molecule has 0 unspecified atom stereocenters. The molecule has 0 atom stereocenters. The van der Waals surface area contributed by atoms with Crippen molar-refractivity contribution in [3.8, 4) is 0 Å². The van der Waals surface area contributed by atoms with Crippen LogP contribution in [-0.4, -0.2) is 20.2 Å². The highest BCUT2D eigenvalue weighted by Gasteiger charge is 2.11. The van der Waals surface area contributed by atoms with Crippen molar-refractivity contribution in [1.29, 1.82) is 0 Å². The minimum atomic E-state index is -3.24. The first-order valence-electron chi connectivity index (χ1n) is 6.57. The summed E-state index contributed by atoms with van der Waals surface area (Å²) in [6.45, 7) is 1.58. The molecule has 0 heterocycles. The topological polar surface area (TPSA) is 75.3 Å². The molecule has 2 aromatic rings. The Balaban J connectivity index is 2.01. The standard InChI is InChI=1S/C15H15ClN2O3S/c1-2-22(20,21)14-9-7-13(8-10-14)18-15(19)17-12-5-3-11(16)4-6-12/h3-10H,2H2,1H3,(H2,17,18,19). The van der Waals surface area contributed by atoms with Gasteiger partial charge in [0.15, 0.2) is 9.84 Å². The molecule has 2 amide bonds. The van der Waals surface area contributed by atoms with E-state index in [0.717, 1.165) is 0 Å². The molecule has 2 rings (SSSR count). The fourth-order valence-electron chi connectivity index (χ4n) is 1.74. The lowest BCUT2D eigenvalue weighted by Crippen LogP contribution is -2.19. The van der Waals surface area contributed by atoms with Crippen LogP contribution in [0.1, 0.15) is 6.92 Å². The summed E-state index contributed by atoms with van der Waals surface area (Å²) in [6, 6.07) is 12.3. The van der Waals surface area contributed by atoms with Crippen LogP contribution < -0.4 is 10.6 Å². The molecule has 5 nitrogen and oxygen atoms in total. The second-order valence-electron chi connectivity index (χ2n) is 4.51. The molecule has 7 heteroatoms. The summed E-state index contributed by atoms with van der Waals surface area (Å²) < 4.78 is 23.4. The van der Waals surface area contributed by atoms with E-state index in [1.165, 1.54) is 12.1 Å². The van der Waals surface area contributed by atoms with Crippen LogP contribution in [0, 0.1) is 0 Å². The molecule has 2 N–H and O–H groups in total. The van der Waals surface area contributed by atoms with Gasteiger partial charge in [0.1, 0.15) is 0 Å². The van der Waals surface area contributed by atoms with Crippen LogP contribution in [0.2, 0.25) is 5.02 Å². The fraction of sp³-hybridized carbons (Fsp3) is 0.133. The third-order valence-electron chi connectivity index (χ3n) is 2.95. The second kappa shape index (κ2) is 6.81. The number of benzene rings is 2. The molecule has 0 fully saturated rings. The highest BCUT2D eigenvalue weighted by molar-refractivity contribution is 7.91. The molecule has 0 aliphatic heterocycles. The molecule has 0 saturated carbocycles. The van der Waals surface area contributed by atoms with Gasteiger partial charge in [-0.3, -0.25) is 0 Å². The average Bonchev–Trinajstić information content (AvgIpc) is 2.50. The normalized spacial score (nSPS) is 11.0.